The van der Waals surface area contributed by atoms with Crippen molar-refractivity contribution in [2.24, 2.45) is 5.10 Å². The summed E-state index contributed by atoms with van der Waals surface area (Å²) < 4.78 is 5.34. The molecule has 1 aromatic carbocycles. The zero-order valence-electron chi connectivity index (χ0n) is 9.87. The molecule has 0 aliphatic carbocycles. The molecule has 0 unspecified atom stereocenters. The number of hydrogen-bond acceptors (Lipinski definition) is 3. The van der Waals surface area contributed by atoms with E-state index in [9.17, 15) is 4.79 Å². The summed E-state index contributed by atoms with van der Waals surface area (Å²) in [5.41, 5.74) is 3.26. The fourth-order valence-corrected chi connectivity index (χ4v) is 1.39. The van der Waals surface area contributed by atoms with Crippen molar-refractivity contribution < 1.29 is 9.53 Å². The maximum absolute atomic E-state index is 11.3. The predicted octanol–water partition coefficient (Wildman–Crippen LogP) is 2.54. The van der Waals surface area contributed by atoms with Gasteiger partial charge in [-0.05, 0) is 37.1 Å². The Morgan fingerprint density at radius 3 is 3.00 bits per heavy atom. The molecule has 1 N–H and O–H groups in total. The van der Waals surface area contributed by atoms with Crippen LogP contribution >= 0.6 is 11.6 Å². The van der Waals surface area contributed by atoms with Crippen LogP contribution in [0.4, 0.5) is 0 Å². The molecule has 0 atom stereocenters. The molecule has 0 spiro atoms. The molecule has 1 amide bonds. The van der Waals surface area contributed by atoms with Crippen LogP contribution in [0.25, 0.3) is 0 Å². The fraction of sp³-hybridized carbons (Fsp3) is 0.333. The van der Waals surface area contributed by atoms with Gasteiger partial charge in [0.15, 0.2) is 6.61 Å². The Kier molecular flexibility index (Phi) is 5.49. The van der Waals surface area contributed by atoms with Crippen molar-refractivity contribution in [1.82, 2.24) is 5.43 Å². The molecular formula is C12H15ClN2O2. The van der Waals surface area contributed by atoms with Gasteiger partial charge in [-0.1, -0.05) is 18.5 Å². The quantitative estimate of drug-likeness (QED) is 0.649. The average Bonchev–Trinajstić information content (AvgIpc) is 2.28. The van der Waals surface area contributed by atoms with Gasteiger partial charge in [-0.3, -0.25) is 4.79 Å². The number of nitrogens with one attached hydrogen (secondary N) is 1. The van der Waals surface area contributed by atoms with Crippen molar-refractivity contribution in [3.63, 3.8) is 0 Å². The lowest BCUT2D eigenvalue weighted by atomic mass is 10.2. The fourth-order valence-electron chi connectivity index (χ4n) is 1.16. The number of nitrogens with zero attached hydrogens (tertiary/aromatic N) is 1. The molecule has 1 rings (SSSR count). The van der Waals surface area contributed by atoms with Gasteiger partial charge in [0.2, 0.25) is 0 Å². The number of benzene rings is 1. The van der Waals surface area contributed by atoms with Crippen LogP contribution in [0.2, 0.25) is 5.02 Å². The second-order valence-corrected chi connectivity index (χ2v) is 3.89. The van der Waals surface area contributed by atoms with Gasteiger partial charge in [0, 0.05) is 11.2 Å². The molecule has 5 heteroatoms. The maximum atomic E-state index is 11.3. The molecule has 0 saturated heterocycles. The zero-order chi connectivity index (χ0) is 12.7. The summed E-state index contributed by atoms with van der Waals surface area (Å²) in [7, 11) is 0. The number of hydrazone groups is 1. The van der Waals surface area contributed by atoms with E-state index >= 15 is 0 Å². The summed E-state index contributed by atoms with van der Waals surface area (Å²) in [4.78, 5) is 11.3. The third kappa shape index (κ3) is 4.87. The van der Waals surface area contributed by atoms with Crippen LogP contribution < -0.4 is 10.2 Å². The minimum Gasteiger partial charge on any atom is -0.483 e. The summed E-state index contributed by atoms with van der Waals surface area (Å²) in [6.45, 7) is 3.74. The Bertz CT molecular complexity index is 419. The van der Waals surface area contributed by atoms with Crippen LogP contribution in [0.1, 0.15) is 18.9 Å². The number of carbonyl (C=O) groups is 1. The molecule has 0 heterocycles. The normalized spacial score (nSPS) is 10.5. The van der Waals surface area contributed by atoms with E-state index in [-0.39, 0.29) is 12.5 Å². The van der Waals surface area contributed by atoms with Gasteiger partial charge in [-0.25, -0.2) is 5.43 Å². The van der Waals surface area contributed by atoms with Crippen molar-refractivity contribution in [1.29, 1.82) is 0 Å². The lowest BCUT2D eigenvalue weighted by molar-refractivity contribution is -0.123. The molecule has 17 heavy (non-hydrogen) atoms. The van der Waals surface area contributed by atoms with Crippen molar-refractivity contribution in [3.05, 3.63) is 28.8 Å². The van der Waals surface area contributed by atoms with Crippen molar-refractivity contribution in [3.8, 4) is 5.75 Å². The first-order chi connectivity index (χ1) is 8.13. The second-order valence-electron chi connectivity index (χ2n) is 3.45. The van der Waals surface area contributed by atoms with E-state index in [2.05, 4.69) is 10.5 Å². The Morgan fingerprint density at radius 2 is 2.35 bits per heavy atom. The Balaban J connectivity index is 2.44. The predicted molar refractivity (Wildman–Crippen MR) is 68.6 cm³/mol. The SMILES string of the molecule is CCC=NNC(=O)COc1ccc(Cl)cc1C. The first-order valence-corrected chi connectivity index (χ1v) is 5.70. The molecular weight excluding hydrogens is 240 g/mol. The van der Waals surface area contributed by atoms with Crippen LogP contribution in [0, 0.1) is 6.92 Å². The molecule has 0 aliphatic heterocycles. The molecule has 92 valence electrons. The number of ether oxygens (including phenoxy) is 1. The second kappa shape index (κ2) is 6.91. The van der Waals surface area contributed by atoms with Crippen LogP contribution in [0.15, 0.2) is 23.3 Å². The Morgan fingerprint density at radius 1 is 1.59 bits per heavy atom. The van der Waals surface area contributed by atoms with Crippen LogP contribution in [0.3, 0.4) is 0 Å². The Hall–Kier alpha value is -1.55. The van der Waals surface area contributed by atoms with E-state index in [1.807, 2.05) is 13.8 Å². The number of hydrogen-bond donors (Lipinski definition) is 1. The molecule has 4 nitrogen and oxygen atoms in total. The number of rotatable bonds is 5. The largest absolute Gasteiger partial charge is 0.483 e. The van der Waals surface area contributed by atoms with Gasteiger partial charge in [-0.15, -0.1) is 0 Å². The topological polar surface area (TPSA) is 50.7 Å². The highest BCUT2D eigenvalue weighted by Gasteiger charge is 2.04. The third-order valence-corrected chi connectivity index (χ3v) is 2.19. The van der Waals surface area contributed by atoms with Crippen molar-refractivity contribution in [2.45, 2.75) is 20.3 Å². The molecule has 0 aromatic heterocycles. The maximum Gasteiger partial charge on any atom is 0.277 e. The molecule has 0 saturated carbocycles. The van der Waals surface area contributed by atoms with Gasteiger partial charge >= 0.3 is 0 Å². The first kappa shape index (κ1) is 13.5. The summed E-state index contributed by atoms with van der Waals surface area (Å²) in [5.74, 6) is 0.355. The molecule has 0 radical (unpaired) electrons. The van der Waals surface area contributed by atoms with E-state index in [1.54, 1.807) is 24.4 Å². The first-order valence-electron chi connectivity index (χ1n) is 5.32. The van der Waals surface area contributed by atoms with Crippen LogP contribution in [-0.2, 0) is 4.79 Å². The number of aryl methyl sites for hydroxylation is 1. The van der Waals surface area contributed by atoms with E-state index in [0.29, 0.717) is 10.8 Å². The third-order valence-electron chi connectivity index (χ3n) is 1.96. The van der Waals surface area contributed by atoms with Crippen LogP contribution in [-0.4, -0.2) is 18.7 Å². The van der Waals surface area contributed by atoms with Gasteiger partial charge in [0.05, 0.1) is 0 Å². The number of amides is 1. The number of carbonyl (C=O) groups excluding carboxylic acids is 1. The highest BCUT2D eigenvalue weighted by atomic mass is 35.5. The lowest BCUT2D eigenvalue weighted by Crippen LogP contribution is -2.24. The average molecular weight is 255 g/mol. The van der Waals surface area contributed by atoms with E-state index < -0.39 is 0 Å². The molecule has 0 fully saturated rings. The van der Waals surface area contributed by atoms with Gasteiger partial charge in [-0.2, -0.15) is 5.10 Å². The smallest absolute Gasteiger partial charge is 0.277 e. The van der Waals surface area contributed by atoms with E-state index in [4.69, 9.17) is 16.3 Å². The molecule has 0 aliphatic rings. The van der Waals surface area contributed by atoms with Crippen molar-refractivity contribution >= 4 is 23.7 Å². The Labute approximate surface area is 106 Å². The van der Waals surface area contributed by atoms with Crippen LogP contribution in [0.5, 0.6) is 5.75 Å². The summed E-state index contributed by atoms with van der Waals surface area (Å²) >= 11 is 5.81. The summed E-state index contributed by atoms with van der Waals surface area (Å²) in [6.07, 6.45) is 2.39. The monoisotopic (exact) mass is 254 g/mol. The molecule has 1 aromatic rings. The van der Waals surface area contributed by atoms with Gasteiger partial charge in [0.1, 0.15) is 5.75 Å². The van der Waals surface area contributed by atoms with Crippen molar-refractivity contribution in [2.75, 3.05) is 6.61 Å². The zero-order valence-corrected chi connectivity index (χ0v) is 10.6. The highest BCUT2D eigenvalue weighted by molar-refractivity contribution is 6.30. The number of halogens is 1. The van der Waals surface area contributed by atoms with Gasteiger partial charge in [0.25, 0.3) is 5.91 Å². The minimum absolute atomic E-state index is 0.0659. The summed E-state index contributed by atoms with van der Waals surface area (Å²) in [5, 5.41) is 4.36. The van der Waals surface area contributed by atoms with E-state index in [0.717, 1.165) is 12.0 Å². The molecule has 0 bridgehead atoms. The summed E-state index contributed by atoms with van der Waals surface area (Å²) in [6, 6.07) is 5.24. The van der Waals surface area contributed by atoms with Gasteiger partial charge < -0.3 is 4.74 Å². The van der Waals surface area contributed by atoms with E-state index in [1.165, 1.54) is 0 Å². The highest BCUT2D eigenvalue weighted by Crippen LogP contribution is 2.21. The lowest BCUT2D eigenvalue weighted by Gasteiger charge is -2.08. The standard InChI is InChI=1S/C12H15ClN2O2/c1-3-6-14-15-12(16)8-17-11-5-4-10(13)7-9(11)2/h4-7H,3,8H2,1-2H3,(H,15,16). The minimum atomic E-state index is -0.288.